The summed E-state index contributed by atoms with van der Waals surface area (Å²) < 4.78 is 2.40. The van der Waals surface area contributed by atoms with Crippen LogP contribution in [0.1, 0.15) is 65.1 Å². The minimum Gasteiger partial charge on any atom is -0.389 e. The first-order chi connectivity index (χ1) is 15.1. The lowest BCUT2D eigenvalue weighted by Gasteiger charge is -2.15. The molecule has 1 aromatic carbocycles. The van der Waals surface area contributed by atoms with Gasteiger partial charge in [-0.15, -0.1) is 0 Å². The molecule has 3 rings (SSSR count). The highest BCUT2D eigenvalue weighted by molar-refractivity contribution is 6.38. The number of rotatable bonds is 6. The summed E-state index contributed by atoms with van der Waals surface area (Å²) in [6.45, 7) is 14.2. The maximum absolute atomic E-state index is 6.58. The smallest absolute Gasteiger partial charge is 0.0676 e. The molecule has 1 aliphatic rings. The average Bonchev–Trinajstić information content (AvgIpc) is 3.02. The van der Waals surface area contributed by atoms with E-state index < -0.39 is 0 Å². The predicted molar refractivity (Wildman–Crippen MR) is 141 cm³/mol. The van der Waals surface area contributed by atoms with Gasteiger partial charge in [0.15, 0.2) is 0 Å². The Morgan fingerprint density at radius 1 is 1.06 bits per heavy atom. The van der Waals surface area contributed by atoms with Crippen molar-refractivity contribution in [3.63, 3.8) is 0 Å². The van der Waals surface area contributed by atoms with Crippen LogP contribution in [0.4, 0.5) is 0 Å². The number of hydrogen-bond acceptors (Lipinski definition) is 2. The van der Waals surface area contributed by atoms with E-state index in [4.69, 9.17) is 23.2 Å². The standard InChI is InChI=1S/C19H25Cl2N3.C5H10.C2H6/c1-2-3-7-23-10-11-24-18-5-4-8-22-9-6-15(18)16-12-14(20)13-17(21)19(16)24;1-3-5-4-2;1-2/h3,7,12-13,22-23H,2,4-6,8-11H2,1H3;3,5H,4H2,1-2H3;1-2H3/b7-3+;5-3-;. The molecule has 0 aliphatic carbocycles. The first-order valence-corrected chi connectivity index (χ1v) is 12.6. The summed E-state index contributed by atoms with van der Waals surface area (Å²) in [6, 6.07) is 3.93. The molecule has 0 atom stereocenters. The van der Waals surface area contributed by atoms with Crippen LogP contribution in [-0.2, 0) is 19.4 Å². The maximum atomic E-state index is 6.58. The van der Waals surface area contributed by atoms with Crippen molar-refractivity contribution in [3.05, 3.63) is 57.9 Å². The van der Waals surface area contributed by atoms with Gasteiger partial charge in [0.1, 0.15) is 0 Å². The van der Waals surface area contributed by atoms with Crippen molar-refractivity contribution in [2.24, 2.45) is 0 Å². The number of nitrogens with zero attached hydrogens (tertiary/aromatic N) is 1. The summed E-state index contributed by atoms with van der Waals surface area (Å²) in [7, 11) is 0. The predicted octanol–water partition coefficient (Wildman–Crippen LogP) is 7.54. The average molecular weight is 467 g/mol. The molecule has 0 spiro atoms. The molecule has 0 unspecified atom stereocenters. The molecule has 3 nitrogen and oxygen atoms in total. The van der Waals surface area contributed by atoms with Gasteiger partial charge < -0.3 is 15.2 Å². The van der Waals surface area contributed by atoms with E-state index in [1.165, 1.54) is 16.6 Å². The van der Waals surface area contributed by atoms with Crippen molar-refractivity contribution in [1.29, 1.82) is 0 Å². The molecule has 0 saturated carbocycles. The number of benzene rings is 1. The number of halogens is 2. The van der Waals surface area contributed by atoms with Crippen LogP contribution in [0.25, 0.3) is 10.9 Å². The van der Waals surface area contributed by atoms with Gasteiger partial charge in [-0.25, -0.2) is 0 Å². The summed E-state index contributed by atoms with van der Waals surface area (Å²) in [5, 5.41) is 9.56. The lowest BCUT2D eigenvalue weighted by atomic mass is 10.0. The Hall–Kier alpha value is -1.42. The van der Waals surface area contributed by atoms with Crippen LogP contribution < -0.4 is 10.6 Å². The van der Waals surface area contributed by atoms with Gasteiger partial charge in [0, 0.05) is 29.2 Å². The molecule has 0 saturated heterocycles. The van der Waals surface area contributed by atoms with Crippen LogP contribution in [-0.4, -0.2) is 24.2 Å². The van der Waals surface area contributed by atoms with Crippen LogP contribution in [0.5, 0.6) is 0 Å². The third-order valence-electron chi connectivity index (χ3n) is 5.04. The van der Waals surface area contributed by atoms with Crippen molar-refractivity contribution < 1.29 is 0 Å². The summed E-state index contributed by atoms with van der Waals surface area (Å²) in [4.78, 5) is 0. The van der Waals surface area contributed by atoms with Crippen molar-refractivity contribution in [2.75, 3.05) is 19.6 Å². The van der Waals surface area contributed by atoms with E-state index in [2.05, 4.69) is 53.3 Å². The van der Waals surface area contributed by atoms with Crippen molar-refractivity contribution in [3.8, 4) is 0 Å². The topological polar surface area (TPSA) is 29.0 Å². The van der Waals surface area contributed by atoms with Crippen LogP contribution in [0.2, 0.25) is 10.0 Å². The van der Waals surface area contributed by atoms with E-state index in [0.717, 1.165) is 68.8 Å². The lowest BCUT2D eigenvalue weighted by Crippen LogP contribution is -2.23. The fraction of sp³-hybridized carbons (Fsp3) is 0.538. The minimum atomic E-state index is 0.714. The third kappa shape index (κ3) is 8.56. The van der Waals surface area contributed by atoms with Crippen molar-refractivity contribution >= 4 is 34.1 Å². The Kier molecular flexibility index (Phi) is 14.5. The normalized spacial score (nSPS) is 13.8. The first kappa shape index (κ1) is 27.6. The summed E-state index contributed by atoms with van der Waals surface area (Å²) >= 11 is 12.9. The van der Waals surface area contributed by atoms with Gasteiger partial charge in [-0.3, -0.25) is 0 Å². The maximum Gasteiger partial charge on any atom is 0.0676 e. The Balaban J connectivity index is 0.000000605. The van der Waals surface area contributed by atoms with Crippen molar-refractivity contribution in [2.45, 2.75) is 73.3 Å². The van der Waals surface area contributed by atoms with Gasteiger partial charge in [0.05, 0.1) is 10.5 Å². The number of allylic oxidation sites excluding steroid dienone is 3. The van der Waals surface area contributed by atoms with Crippen LogP contribution >= 0.6 is 23.2 Å². The second-order valence-electron chi connectivity index (χ2n) is 7.21. The Morgan fingerprint density at radius 2 is 1.81 bits per heavy atom. The van der Waals surface area contributed by atoms with Gasteiger partial charge in [0.25, 0.3) is 0 Å². The molecule has 31 heavy (non-hydrogen) atoms. The summed E-state index contributed by atoms with van der Waals surface area (Å²) in [6.07, 6.45) is 13.8. The van der Waals surface area contributed by atoms with E-state index in [1.807, 2.05) is 33.0 Å². The van der Waals surface area contributed by atoms with E-state index in [9.17, 15) is 0 Å². The molecule has 0 fully saturated rings. The van der Waals surface area contributed by atoms with E-state index in [1.54, 1.807) is 0 Å². The Labute approximate surface area is 199 Å². The zero-order valence-electron chi connectivity index (χ0n) is 20.0. The molecule has 2 N–H and O–H groups in total. The number of hydrogen-bond donors (Lipinski definition) is 2. The molecule has 1 aromatic heterocycles. The molecule has 2 heterocycles. The van der Waals surface area contributed by atoms with Gasteiger partial charge in [-0.1, -0.05) is 69.1 Å². The molecular weight excluding hydrogens is 425 g/mol. The number of nitrogens with one attached hydrogen (secondary N) is 2. The molecule has 0 amide bonds. The molecule has 174 valence electrons. The Bertz CT molecular complexity index is 822. The number of aromatic nitrogens is 1. The molecule has 2 aromatic rings. The van der Waals surface area contributed by atoms with E-state index in [-0.39, 0.29) is 0 Å². The summed E-state index contributed by atoms with van der Waals surface area (Å²) in [5.74, 6) is 0. The SMILES string of the molecule is C/C=C\CC.CC.CC/C=C/NCCn1c2c(c3cc(Cl)cc(Cl)c31)CCNCCC2. The third-order valence-corrected chi connectivity index (χ3v) is 5.55. The highest BCUT2D eigenvalue weighted by Gasteiger charge is 2.20. The van der Waals surface area contributed by atoms with Gasteiger partial charge in [-0.05, 0) is 76.0 Å². The van der Waals surface area contributed by atoms with Gasteiger partial charge in [-0.2, -0.15) is 0 Å². The molecule has 1 aliphatic heterocycles. The van der Waals surface area contributed by atoms with Gasteiger partial charge >= 0.3 is 0 Å². The molecule has 0 bridgehead atoms. The number of fused-ring (bicyclic) bond motifs is 3. The van der Waals surface area contributed by atoms with Crippen LogP contribution in [0.15, 0.2) is 36.6 Å². The fourth-order valence-corrected chi connectivity index (χ4v) is 4.35. The summed E-state index contributed by atoms with van der Waals surface area (Å²) in [5.41, 5.74) is 3.97. The second kappa shape index (κ2) is 16.2. The molecule has 5 heteroatoms. The monoisotopic (exact) mass is 465 g/mol. The Morgan fingerprint density at radius 3 is 2.45 bits per heavy atom. The fourth-order valence-electron chi connectivity index (χ4n) is 3.75. The van der Waals surface area contributed by atoms with Gasteiger partial charge in [0.2, 0.25) is 0 Å². The highest BCUT2D eigenvalue weighted by Crippen LogP contribution is 2.35. The molecule has 0 radical (unpaired) electrons. The van der Waals surface area contributed by atoms with Crippen molar-refractivity contribution in [1.82, 2.24) is 15.2 Å². The van der Waals surface area contributed by atoms with Crippen LogP contribution in [0, 0.1) is 0 Å². The lowest BCUT2D eigenvalue weighted by molar-refractivity contribution is 0.587. The van der Waals surface area contributed by atoms with E-state index >= 15 is 0 Å². The zero-order chi connectivity index (χ0) is 23.1. The van der Waals surface area contributed by atoms with E-state index in [0.29, 0.717) is 5.02 Å². The highest BCUT2D eigenvalue weighted by atomic mass is 35.5. The second-order valence-corrected chi connectivity index (χ2v) is 8.05. The quantitative estimate of drug-likeness (QED) is 0.340. The largest absolute Gasteiger partial charge is 0.389 e. The van der Waals surface area contributed by atoms with Crippen LogP contribution in [0.3, 0.4) is 0 Å². The first-order valence-electron chi connectivity index (χ1n) is 11.8. The molecular formula is C26H41Cl2N3. The zero-order valence-corrected chi connectivity index (χ0v) is 21.5. The minimum absolute atomic E-state index is 0.714.